The van der Waals surface area contributed by atoms with Crippen molar-refractivity contribution in [3.63, 3.8) is 0 Å². The molecule has 0 aromatic heterocycles. The average Bonchev–Trinajstić information content (AvgIpc) is 2.44. The Balaban J connectivity index is 1.93. The first-order valence-corrected chi connectivity index (χ1v) is 7.10. The zero-order chi connectivity index (χ0) is 14.4. The van der Waals surface area contributed by atoms with Gasteiger partial charge in [-0.15, -0.1) is 0 Å². The predicted octanol–water partition coefficient (Wildman–Crippen LogP) is 1.17. The van der Waals surface area contributed by atoms with E-state index in [0.29, 0.717) is 19.7 Å². The molecule has 1 aromatic carbocycles. The number of anilines is 2. The third kappa shape index (κ3) is 3.63. The Labute approximate surface area is 120 Å². The van der Waals surface area contributed by atoms with Gasteiger partial charge < -0.3 is 20.7 Å². The lowest BCUT2D eigenvalue weighted by molar-refractivity contribution is -0.119. The number of aryl methyl sites for hydroxylation is 1. The molecule has 1 heterocycles. The number of nitrogens with zero attached hydrogens (tertiary/aromatic N) is 1. The molecule has 0 fully saturated rings. The van der Waals surface area contributed by atoms with Gasteiger partial charge in [0.15, 0.2) is 0 Å². The van der Waals surface area contributed by atoms with E-state index in [0.717, 1.165) is 37.2 Å². The fraction of sp³-hybridized carbons (Fsp3) is 0.533. The van der Waals surface area contributed by atoms with Gasteiger partial charge in [-0.2, -0.15) is 0 Å². The van der Waals surface area contributed by atoms with E-state index in [2.05, 4.69) is 16.3 Å². The summed E-state index contributed by atoms with van der Waals surface area (Å²) in [5, 5.41) is 2.91. The van der Waals surface area contributed by atoms with Gasteiger partial charge in [-0.05, 0) is 30.9 Å². The van der Waals surface area contributed by atoms with Crippen LogP contribution in [0.15, 0.2) is 18.2 Å². The van der Waals surface area contributed by atoms with Crippen LogP contribution in [0.25, 0.3) is 0 Å². The van der Waals surface area contributed by atoms with Crippen LogP contribution >= 0.6 is 0 Å². The predicted molar refractivity (Wildman–Crippen MR) is 80.9 cm³/mol. The van der Waals surface area contributed by atoms with Gasteiger partial charge in [-0.25, -0.2) is 0 Å². The van der Waals surface area contributed by atoms with Crippen LogP contribution in [0.5, 0.6) is 0 Å². The Hall–Kier alpha value is -1.75. The second kappa shape index (κ2) is 7.14. The quantitative estimate of drug-likeness (QED) is 0.605. The van der Waals surface area contributed by atoms with Crippen LogP contribution in [0.2, 0.25) is 0 Å². The maximum Gasteiger partial charge on any atom is 0.239 e. The molecule has 0 atom stereocenters. The molecule has 1 aliphatic rings. The lowest BCUT2D eigenvalue weighted by atomic mass is 10.0. The summed E-state index contributed by atoms with van der Waals surface area (Å²) in [4.78, 5) is 14.0. The van der Waals surface area contributed by atoms with Crippen LogP contribution in [0.3, 0.4) is 0 Å². The van der Waals surface area contributed by atoms with Crippen molar-refractivity contribution in [3.8, 4) is 0 Å². The second-order valence-electron chi connectivity index (χ2n) is 5.08. The summed E-state index contributed by atoms with van der Waals surface area (Å²) in [5.74, 6) is 0.0391. The monoisotopic (exact) mass is 277 g/mol. The normalized spacial score (nSPS) is 13.9. The first-order valence-electron chi connectivity index (χ1n) is 7.10. The zero-order valence-corrected chi connectivity index (χ0v) is 12.0. The molecule has 0 saturated heterocycles. The first kappa shape index (κ1) is 14.7. The molecule has 0 radical (unpaired) electrons. The van der Waals surface area contributed by atoms with Gasteiger partial charge >= 0.3 is 0 Å². The maximum atomic E-state index is 12.0. The number of fused-ring (bicyclic) bond motifs is 1. The number of rotatable bonds is 6. The number of carbonyl (C=O) groups is 1. The van der Waals surface area contributed by atoms with Crippen LogP contribution < -0.4 is 16.0 Å². The van der Waals surface area contributed by atoms with Crippen molar-refractivity contribution in [1.29, 1.82) is 0 Å². The molecule has 0 spiro atoms. The largest absolute Gasteiger partial charge is 0.397 e. The summed E-state index contributed by atoms with van der Waals surface area (Å²) >= 11 is 0. The first-order chi connectivity index (χ1) is 9.72. The van der Waals surface area contributed by atoms with E-state index in [-0.39, 0.29) is 5.91 Å². The summed E-state index contributed by atoms with van der Waals surface area (Å²) in [6, 6.07) is 5.96. The number of para-hydroxylation sites is 1. The molecule has 1 aromatic rings. The summed E-state index contributed by atoms with van der Waals surface area (Å²) in [6.07, 6.45) is 2.93. The third-order valence-electron chi connectivity index (χ3n) is 3.52. The molecule has 0 unspecified atom stereocenters. The molecule has 5 nitrogen and oxygen atoms in total. The Kier molecular flexibility index (Phi) is 5.24. The van der Waals surface area contributed by atoms with E-state index < -0.39 is 0 Å². The Morgan fingerprint density at radius 1 is 1.50 bits per heavy atom. The van der Waals surface area contributed by atoms with Crippen molar-refractivity contribution in [2.75, 3.05) is 44.0 Å². The van der Waals surface area contributed by atoms with E-state index in [1.54, 1.807) is 7.11 Å². The highest BCUT2D eigenvalue weighted by molar-refractivity contribution is 5.84. The topological polar surface area (TPSA) is 67.6 Å². The Morgan fingerprint density at radius 3 is 3.15 bits per heavy atom. The molecule has 2 rings (SSSR count). The van der Waals surface area contributed by atoms with Gasteiger partial charge in [-0.3, -0.25) is 4.79 Å². The van der Waals surface area contributed by atoms with Crippen LogP contribution in [0.4, 0.5) is 11.4 Å². The van der Waals surface area contributed by atoms with Crippen molar-refractivity contribution in [2.24, 2.45) is 0 Å². The van der Waals surface area contributed by atoms with E-state index in [1.807, 2.05) is 12.1 Å². The Bertz CT molecular complexity index is 462. The summed E-state index contributed by atoms with van der Waals surface area (Å²) < 4.78 is 4.96. The lowest BCUT2D eigenvalue weighted by Crippen LogP contribution is -2.40. The Morgan fingerprint density at radius 2 is 2.35 bits per heavy atom. The molecule has 1 aliphatic heterocycles. The number of amides is 1. The molecule has 3 N–H and O–H groups in total. The molecular weight excluding hydrogens is 254 g/mol. The van der Waals surface area contributed by atoms with Gasteiger partial charge in [0, 0.05) is 26.8 Å². The van der Waals surface area contributed by atoms with E-state index >= 15 is 0 Å². The molecule has 0 aliphatic carbocycles. The number of carbonyl (C=O) groups excluding carboxylic acids is 1. The molecule has 1 amide bonds. The van der Waals surface area contributed by atoms with Gasteiger partial charge in [0.1, 0.15) is 0 Å². The number of methoxy groups -OCH3 is 1. The van der Waals surface area contributed by atoms with Gasteiger partial charge in [-0.1, -0.05) is 12.1 Å². The highest BCUT2D eigenvalue weighted by Crippen LogP contribution is 2.32. The molecule has 5 heteroatoms. The number of nitrogen functional groups attached to an aromatic ring is 1. The highest BCUT2D eigenvalue weighted by atomic mass is 16.5. The minimum atomic E-state index is 0.0391. The maximum absolute atomic E-state index is 12.0. The molecule has 110 valence electrons. The van der Waals surface area contributed by atoms with E-state index in [4.69, 9.17) is 10.5 Å². The van der Waals surface area contributed by atoms with E-state index in [1.165, 1.54) is 5.56 Å². The lowest BCUT2D eigenvalue weighted by Gasteiger charge is -2.31. The smallest absolute Gasteiger partial charge is 0.239 e. The zero-order valence-electron chi connectivity index (χ0n) is 12.0. The molecule has 0 saturated carbocycles. The van der Waals surface area contributed by atoms with Gasteiger partial charge in [0.25, 0.3) is 0 Å². The van der Waals surface area contributed by atoms with Crippen LogP contribution in [0.1, 0.15) is 18.4 Å². The number of nitrogens with two attached hydrogens (primary N) is 1. The number of nitrogens with one attached hydrogen (secondary N) is 1. The third-order valence-corrected chi connectivity index (χ3v) is 3.52. The van der Waals surface area contributed by atoms with Crippen molar-refractivity contribution >= 4 is 17.3 Å². The summed E-state index contributed by atoms with van der Waals surface area (Å²) in [6.45, 7) is 2.57. The van der Waals surface area contributed by atoms with Crippen molar-refractivity contribution in [3.05, 3.63) is 23.8 Å². The van der Waals surface area contributed by atoms with Crippen LogP contribution in [-0.2, 0) is 16.0 Å². The highest BCUT2D eigenvalue weighted by Gasteiger charge is 2.20. The van der Waals surface area contributed by atoms with Crippen molar-refractivity contribution in [1.82, 2.24) is 5.32 Å². The van der Waals surface area contributed by atoms with Gasteiger partial charge in [0.05, 0.1) is 17.9 Å². The SMILES string of the molecule is COCCCNC(=O)CN1CCCc2cccc(N)c21. The molecular formula is C15H23N3O2. The number of benzene rings is 1. The average molecular weight is 277 g/mol. The summed E-state index contributed by atoms with van der Waals surface area (Å²) in [7, 11) is 1.66. The van der Waals surface area contributed by atoms with Crippen LogP contribution in [0, 0.1) is 0 Å². The number of ether oxygens (including phenoxy) is 1. The molecule has 0 bridgehead atoms. The minimum Gasteiger partial charge on any atom is -0.397 e. The second-order valence-corrected chi connectivity index (χ2v) is 5.08. The van der Waals surface area contributed by atoms with Crippen molar-refractivity contribution in [2.45, 2.75) is 19.3 Å². The van der Waals surface area contributed by atoms with Crippen molar-refractivity contribution < 1.29 is 9.53 Å². The fourth-order valence-corrected chi connectivity index (χ4v) is 2.60. The minimum absolute atomic E-state index is 0.0391. The number of hydrogen-bond donors (Lipinski definition) is 2. The van der Waals surface area contributed by atoms with Crippen LogP contribution in [-0.4, -0.2) is 39.3 Å². The standard InChI is InChI=1S/C15H23N3O2/c1-20-10-4-8-17-14(19)11-18-9-3-6-12-5-2-7-13(16)15(12)18/h2,5,7H,3-4,6,8-11,16H2,1H3,(H,17,19). The fourth-order valence-electron chi connectivity index (χ4n) is 2.60. The number of hydrogen-bond acceptors (Lipinski definition) is 4. The van der Waals surface area contributed by atoms with Gasteiger partial charge in [0.2, 0.25) is 5.91 Å². The summed E-state index contributed by atoms with van der Waals surface area (Å²) in [5.41, 5.74) is 9.09. The molecule has 20 heavy (non-hydrogen) atoms. The van der Waals surface area contributed by atoms with E-state index in [9.17, 15) is 4.79 Å².